The lowest BCUT2D eigenvalue weighted by atomic mass is 10.1. The Balaban J connectivity index is 1.73. The van der Waals surface area contributed by atoms with Gasteiger partial charge < -0.3 is 9.80 Å². The van der Waals surface area contributed by atoms with Crippen LogP contribution in [0.1, 0.15) is 51.6 Å². The molecule has 3 heterocycles. The van der Waals surface area contributed by atoms with Crippen molar-refractivity contribution >= 4 is 22.8 Å². The molecule has 0 unspecified atom stereocenters. The predicted molar refractivity (Wildman–Crippen MR) is 128 cm³/mol. The fourth-order valence-corrected chi connectivity index (χ4v) is 4.27. The molecule has 176 valence electrons. The van der Waals surface area contributed by atoms with Gasteiger partial charge in [0.15, 0.2) is 5.65 Å². The van der Waals surface area contributed by atoms with E-state index in [1.54, 1.807) is 16.8 Å². The first-order valence-electron chi connectivity index (χ1n) is 11.9. The lowest BCUT2D eigenvalue weighted by Gasteiger charge is -2.35. The molecule has 7 nitrogen and oxygen atoms in total. The zero-order chi connectivity index (χ0) is 23.5. The number of amides is 1. The Morgan fingerprint density at radius 2 is 1.79 bits per heavy atom. The molecule has 1 saturated heterocycles. The summed E-state index contributed by atoms with van der Waals surface area (Å²) in [5, 5.41) is 5.67. The van der Waals surface area contributed by atoms with Crippen LogP contribution in [0.4, 0.5) is 10.2 Å². The summed E-state index contributed by atoms with van der Waals surface area (Å²) in [6.45, 7) is 11.2. The number of carbonyl (C=O) groups excluding carboxylic acids is 1. The highest BCUT2D eigenvalue weighted by molar-refractivity contribution is 5.91. The van der Waals surface area contributed by atoms with Crippen molar-refractivity contribution in [3.8, 4) is 5.69 Å². The van der Waals surface area contributed by atoms with Crippen molar-refractivity contribution in [2.24, 2.45) is 5.92 Å². The van der Waals surface area contributed by atoms with E-state index in [0.29, 0.717) is 25.4 Å². The quantitative estimate of drug-likeness (QED) is 0.535. The Morgan fingerprint density at radius 1 is 1.09 bits per heavy atom. The standard InChI is InChI=1S/C25H33FN6O/c1-5-6-22(33)30-13-15-31(16-14-30)24-23-18(4)29-32(20-10-8-19(26)9-11-20)25(23)28-21(27-24)12-7-17(2)3/h8-11,17H,5-7,12-16H2,1-4H3. The van der Waals surface area contributed by atoms with Crippen LogP contribution in [0.25, 0.3) is 16.7 Å². The van der Waals surface area contributed by atoms with Crippen molar-refractivity contribution in [2.45, 2.75) is 53.4 Å². The minimum atomic E-state index is -0.282. The second kappa shape index (κ2) is 9.85. The number of nitrogens with zero attached hydrogens (tertiary/aromatic N) is 6. The monoisotopic (exact) mass is 452 g/mol. The van der Waals surface area contributed by atoms with Crippen molar-refractivity contribution < 1.29 is 9.18 Å². The van der Waals surface area contributed by atoms with Crippen molar-refractivity contribution in [2.75, 3.05) is 31.1 Å². The number of anilines is 1. The van der Waals surface area contributed by atoms with Gasteiger partial charge in [0.05, 0.1) is 16.8 Å². The number of aryl methyl sites for hydroxylation is 2. The molecule has 3 aromatic rings. The summed E-state index contributed by atoms with van der Waals surface area (Å²) in [7, 11) is 0. The van der Waals surface area contributed by atoms with E-state index >= 15 is 0 Å². The zero-order valence-corrected chi connectivity index (χ0v) is 20.0. The molecule has 0 spiro atoms. The average Bonchev–Trinajstić information content (AvgIpc) is 3.14. The Hall–Kier alpha value is -3.03. The highest BCUT2D eigenvalue weighted by atomic mass is 19.1. The normalized spacial score (nSPS) is 14.5. The Bertz CT molecular complexity index is 1120. The molecule has 0 N–H and O–H groups in total. The van der Waals surface area contributed by atoms with Gasteiger partial charge in [0, 0.05) is 39.0 Å². The average molecular weight is 453 g/mol. The molecule has 0 saturated carbocycles. The largest absolute Gasteiger partial charge is 0.352 e. The second-order valence-corrected chi connectivity index (χ2v) is 9.19. The van der Waals surface area contributed by atoms with Gasteiger partial charge in [0.25, 0.3) is 0 Å². The fourth-order valence-electron chi connectivity index (χ4n) is 4.27. The number of halogens is 1. The van der Waals surface area contributed by atoms with Crippen LogP contribution in [-0.2, 0) is 11.2 Å². The van der Waals surface area contributed by atoms with Crippen LogP contribution >= 0.6 is 0 Å². The molecule has 1 fully saturated rings. The topological polar surface area (TPSA) is 67.2 Å². The van der Waals surface area contributed by atoms with Gasteiger partial charge in [-0.2, -0.15) is 5.10 Å². The summed E-state index contributed by atoms with van der Waals surface area (Å²) in [5.74, 6) is 2.16. The van der Waals surface area contributed by atoms with E-state index < -0.39 is 0 Å². The minimum absolute atomic E-state index is 0.225. The lowest BCUT2D eigenvalue weighted by Crippen LogP contribution is -2.49. The number of hydrogen-bond acceptors (Lipinski definition) is 5. The molecular weight excluding hydrogens is 419 g/mol. The Kier molecular flexibility index (Phi) is 6.91. The molecule has 33 heavy (non-hydrogen) atoms. The predicted octanol–water partition coefficient (Wildman–Crippen LogP) is 4.30. The molecule has 4 rings (SSSR count). The number of carbonyl (C=O) groups is 1. The fraction of sp³-hybridized carbons (Fsp3) is 0.520. The molecule has 1 aromatic carbocycles. The van der Waals surface area contributed by atoms with Crippen LogP contribution in [0.2, 0.25) is 0 Å². The molecular formula is C25H33FN6O. The maximum Gasteiger partial charge on any atom is 0.222 e. The van der Waals surface area contributed by atoms with E-state index in [4.69, 9.17) is 15.1 Å². The van der Waals surface area contributed by atoms with Gasteiger partial charge >= 0.3 is 0 Å². The van der Waals surface area contributed by atoms with Crippen molar-refractivity contribution in [3.63, 3.8) is 0 Å². The first-order valence-corrected chi connectivity index (χ1v) is 11.9. The summed E-state index contributed by atoms with van der Waals surface area (Å²) in [6.07, 6.45) is 3.24. The van der Waals surface area contributed by atoms with E-state index in [1.165, 1.54) is 12.1 Å². The number of hydrogen-bond donors (Lipinski definition) is 0. The van der Waals surface area contributed by atoms with Gasteiger partial charge in [-0.3, -0.25) is 4.79 Å². The molecule has 1 amide bonds. The van der Waals surface area contributed by atoms with E-state index in [9.17, 15) is 9.18 Å². The van der Waals surface area contributed by atoms with Crippen LogP contribution in [-0.4, -0.2) is 56.7 Å². The van der Waals surface area contributed by atoms with Gasteiger partial charge in [0.2, 0.25) is 5.91 Å². The smallest absolute Gasteiger partial charge is 0.222 e. The minimum Gasteiger partial charge on any atom is -0.352 e. The second-order valence-electron chi connectivity index (χ2n) is 9.19. The molecule has 0 bridgehead atoms. The van der Waals surface area contributed by atoms with Gasteiger partial charge in [0.1, 0.15) is 17.5 Å². The summed E-state index contributed by atoms with van der Waals surface area (Å²) < 4.78 is 15.3. The van der Waals surface area contributed by atoms with Gasteiger partial charge in [-0.15, -0.1) is 0 Å². The molecule has 1 aliphatic rings. The van der Waals surface area contributed by atoms with Crippen molar-refractivity contribution in [3.05, 3.63) is 41.6 Å². The summed E-state index contributed by atoms with van der Waals surface area (Å²) >= 11 is 0. The Morgan fingerprint density at radius 3 is 2.42 bits per heavy atom. The highest BCUT2D eigenvalue weighted by Gasteiger charge is 2.26. The van der Waals surface area contributed by atoms with Gasteiger partial charge in [-0.25, -0.2) is 19.0 Å². The SMILES string of the molecule is CCCC(=O)N1CCN(c2nc(CCC(C)C)nc3c2c(C)nn3-c2ccc(F)cc2)CC1. The zero-order valence-electron chi connectivity index (χ0n) is 20.0. The van der Waals surface area contributed by atoms with Crippen LogP contribution in [0.3, 0.4) is 0 Å². The highest BCUT2D eigenvalue weighted by Crippen LogP contribution is 2.30. The van der Waals surface area contributed by atoms with E-state index in [1.807, 2.05) is 18.7 Å². The van der Waals surface area contributed by atoms with Gasteiger partial charge in [-0.05, 0) is 49.9 Å². The van der Waals surface area contributed by atoms with Crippen molar-refractivity contribution in [1.29, 1.82) is 0 Å². The third-order valence-corrected chi connectivity index (χ3v) is 6.14. The van der Waals surface area contributed by atoms with Crippen LogP contribution in [0.15, 0.2) is 24.3 Å². The maximum absolute atomic E-state index is 13.5. The van der Waals surface area contributed by atoms with E-state index in [0.717, 1.165) is 66.4 Å². The first kappa shape index (κ1) is 23.1. The third kappa shape index (κ3) is 4.99. The summed E-state index contributed by atoms with van der Waals surface area (Å²) in [4.78, 5) is 26.4. The number of rotatable bonds is 7. The summed E-state index contributed by atoms with van der Waals surface area (Å²) in [6, 6.07) is 6.31. The molecule has 8 heteroatoms. The molecule has 0 radical (unpaired) electrons. The van der Waals surface area contributed by atoms with Crippen LogP contribution in [0, 0.1) is 18.7 Å². The van der Waals surface area contributed by atoms with Gasteiger partial charge in [-0.1, -0.05) is 20.8 Å². The summed E-state index contributed by atoms with van der Waals surface area (Å²) in [5.41, 5.74) is 2.35. The first-order chi connectivity index (χ1) is 15.9. The molecule has 2 aromatic heterocycles. The van der Waals surface area contributed by atoms with Crippen LogP contribution in [0.5, 0.6) is 0 Å². The van der Waals surface area contributed by atoms with Crippen molar-refractivity contribution in [1.82, 2.24) is 24.6 Å². The lowest BCUT2D eigenvalue weighted by molar-refractivity contribution is -0.131. The molecule has 1 aliphatic heterocycles. The number of fused-ring (bicyclic) bond motifs is 1. The van der Waals surface area contributed by atoms with E-state index in [2.05, 4.69) is 18.7 Å². The molecule has 0 aliphatic carbocycles. The van der Waals surface area contributed by atoms with E-state index in [-0.39, 0.29) is 11.7 Å². The third-order valence-electron chi connectivity index (χ3n) is 6.14. The number of piperazine rings is 1. The maximum atomic E-state index is 13.5. The van der Waals surface area contributed by atoms with Crippen LogP contribution < -0.4 is 4.90 Å². The number of aromatic nitrogens is 4. The Labute approximate surface area is 194 Å². The number of benzene rings is 1. The molecule has 0 atom stereocenters.